The van der Waals surface area contributed by atoms with Crippen molar-refractivity contribution in [2.75, 3.05) is 20.1 Å². The molecule has 0 spiro atoms. The minimum Gasteiger partial charge on any atom is -0.304 e. The van der Waals surface area contributed by atoms with Crippen LogP contribution >= 0.6 is 11.6 Å². The summed E-state index contributed by atoms with van der Waals surface area (Å²) in [5.74, 6) is 0.941. The van der Waals surface area contributed by atoms with Crippen LogP contribution in [0.15, 0.2) is 29.1 Å². The first kappa shape index (κ1) is 13.6. The minimum absolute atomic E-state index is 0.0338. The quantitative estimate of drug-likeness (QED) is 0.798. The number of benzene rings is 1. The molecule has 0 saturated carbocycles. The number of hydrogen-bond acceptors (Lipinski definition) is 3. The molecular weight excluding hydrogens is 274 g/mol. The van der Waals surface area contributed by atoms with Crippen molar-refractivity contribution in [3.05, 3.63) is 40.4 Å². The van der Waals surface area contributed by atoms with Crippen LogP contribution < -0.4 is 5.56 Å². The van der Waals surface area contributed by atoms with E-state index >= 15 is 0 Å². The van der Waals surface area contributed by atoms with Gasteiger partial charge in [0.15, 0.2) is 0 Å². The molecule has 1 aromatic carbocycles. The molecule has 1 aromatic heterocycles. The van der Waals surface area contributed by atoms with E-state index in [9.17, 15) is 4.79 Å². The molecule has 0 N–H and O–H groups in total. The zero-order valence-electron chi connectivity index (χ0n) is 11.6. The normalized spacial score (nSPS) is 20.4. The standard InChI is InChI=1S/C15H18ClN3O/c1-18-8-4-5-11(10-18)19-14(9-16)17-13-7-3-2-6-12(13)15(19)20/h2-3,6-7,11H,4-5,8-10H2,1H3. The smallest absolute Gasteiger partial charge is 0.261 e. The largest absolute Gasteiger partial charge is 0.304 e. The van der Waals surface area contributed by atoms with E-state index in [2.05, 4.69) is 16.9 Å². The van der Waals surface area contributed by atoms with Crippen molar-refractivity contribution in [1.29, 1.82) is 0 Å². The van der Waals surface area contributed by atoms with Crippen LogP contribution in [0.4, 0.5) is 0 Å². The molecule has 1 atom stereocenters. The van der Waals surface area contributed by atoms with Gasteiger partial charge < -0.3 is 4.90 Å². The Morgan fingerprint density at radius 2 is 2.20 bits per heavy atom. The molecule has 1 aliphatic rings. The molecule has 1 unspecified atom stereocenters. The first-order valence-electron chi connectivity index (χ1n) is 6.95. The number of hydrogen-bond donors (Lipinski definition) is 0. The van der Waals surface area contributed by atoms with Crippen LogP contribution in [-0.2, 0) is 5.88 Å². The van der Waals surface area contributed by atoms with Gasteiger partial charge in [-0.15, -0.1) is 11.6 Å². The summed E-state index contributed by atoms with van der Waals surface area (Å²) in [6.07, 6.45) is 2.11. The van der Waals surface area contributed by atoms with Crippen LogP contribution in [0.1, 0.15) is 24.7 Å². The van der Waals surface area contributed by atoms with Crippen LogP contribution in [-0.4, -0.2) is 34.6 Å². The summed E-state index contributed by atoms with van der Waals surface area (Å²) in [5, 5.41) is 0.676. The van der Waals surface area contributed by atoms with Crippen LogP contribution in [0, 0.1) is 0 Å². The molecule has 1 fully saturated rings. The molecule has 3 rings (SSSR count). The van der Waals surface area contributed by atoms with E-state index in [-0.39, 0.29) is 17.5 Å². The van der Waals surface area contributed by atoms with E-state index in [0.717, 1.165) is 31.4 Å². The third-order valence-electron chi connectivity index (χ3n) is 3.97. The summed E-state index contributed by atoms with van der Waals surface area (Å²) in [4.78, 5) is 19.6. The lowest BCUT2D eigenvalue weighted by Crippen LogP contribution is -2.39. The van der Waals surface area contributed by atoms with E-state index in [1.165, 1.54) is 0 Å². The zero-order valence-corrected chi connectivity index (χ0v) is 12.3. The summed E-state index contributed by atoms with van der Waals surface area (Å²) >= 11 is 6.02. The highest BCUT2D eigenvalue weighted by Gasteiger charge is 2.23. The molecule has 2 aromatic rings. The highest BCUT2D eigenvalue weighted by molar-refractivity contribution is 6.16. The number of para-hydroxylation sites is 1. The first-order valence-corrected chi connectivity index (χ1v) is 7.49. The van der Waals surface area contributed by atoms with Gasteiger partial charge in [-0.1, -0.05) is 12.1 Å². The molecule has 0 radical (unpaired) electrons. The molecular formula is C15H18ClN3O. The van der Waals surface area contributed by atoms with Gasteiger partial charge in [0.25, 0.3) is 5.56 Å². The molecule has 106 valence electrons. The summed E-state index contributed by atoms with van der Waals surface area (Å²) in [5.41, 5.74) is 0.764. The minimum atomic E-state index is 0.0338. The SMILES string of the molecule is CN1CCCC(n2c(CCl)nc3ccccc3c2=O)C1. The van der Waals surface area contributed by atoms with Crippen LogP contribution in [0.25, 0.3) is 10.9 Å². The number of alkyl halides is 1. The van der Waals surface area contributed by atoms with Crippen LogP contribution in [0.2, 0.25) is 0 Å². The number of nitrogens with zero attached hydrogens (tertiary/aromatic N) is 3. The summed E-state index contributed by atoms with van der Waals surface area (Å²) in [6.45, 7) is 1.96. The summed E-state index contributed by atoms with van der Waals surface area (Å²) in [7, 11) is 2.09. The Hall–Kier alpha value is -1.39. The highest BCUT2D eigenvalue weighted by atomic mass is 35.5. The second kappa shape index (κ2) is 5.54. The van der Waals surface area contributed by atoms with Gasteiger partial charge in [0.1, 0.15) is 5.82 Å². The van der Waals surface area contributed by atoms with Gasteiger partial charge in [0, 0.05) is 6.54 Å². The molecule has 2 heterocycles. The maximum atomic E-state index is 12.8. The van der Waals surface area contributed by atoms with E-state index in [1.54, 1.807) is 0 Å². The molecule has 5 heteroatoms. The molecule has 1 saturated heterocycles. The summed E-state index contributed by atoms with van der Waals surface area (Å²) < 4.78 is 1.81. The lowest BCUT2D eigenvalue weighted by Gasteiger charge is -2.32. The Balaban J connectivity index is 2.18. The maximum Gasteiger partial charge on any atom is 0.261 e. The van der Waals surface area contributed by atoms with Crippen LogP contribution in [0.3, 0.4) is 0 Å². The number of piperidine rings is 1. The van der Waals surface area contributed by atoms with Crippen molar-refractivity contribution in [2.45, 2.75) is 24.8 Å². The van der Waals surface area contributed by atoms with E-state index in [1.807, 2.05) is 28.8 Å². The number of aromatic nitrogens is 2. The number of likely N-dealkylation sites (N-methyl/N-ethyl adjacent to an activating group) is 1. The fourth-order valence-corrected chi connectivity index (χ4v) is 3.20. The van der Waals surface area contributed by atoms with Gasteiger partial charge >= 0.3 is 0 Å². The lowest BCUT2D eigenvalue weighted by molar-refractivity contribution is 0.207. The highest BCUT2D eigenvalue weighted by Crippen LogP contribution is 2.22. The van der Waals surface area contributed by atoms with Crippen LogP contribution in [0.5, 0.6) is 0 Å². The Kier molecular flexibility index (Phi) is 3.76. The monoisotopic (exact) mass is 291 g/mol. The average Bonchev–Trinajstić information content (AvgIpc) is 2.47. The summed E-state index contributed by atoms with van der Waals surface area (Å²) in [6, 6.07) is 7.65. The molecule has 1 aliphatic heterocycles. The molecule has 0 amide bonds. The van der Waals surface area contributed by atoms with Crippen molar-refractivity contribution in [2.24, 2.45) is 0 Å². The molecule has 0 aliphatic carbocycles. The number of fused-ring (bicyclic) bond motifs is 1. The van der Waals surface area contributed by atoms with Gasteiger partial charge in [-0.05, 0) is 38.6 Å². The van der Waals surface area contributed by atoms with Crippen molar-refractivity contribution < 1.29 is 0 Å². The average molecular weight is 292 g/mol. The van der Waals surface area contributed by atoms with Gasteiger partial charge in [0.2, 0.25) is 0 Å². The number of rotatable bonds is 2. The van der Waals surface area contributed by atoms with E-state index < -0.39 is 0 Å². The van der Waals surface area contributed by atoms with E-state index in [4.69, 9.17) is 11.6 Å². The fourth-order valence-electron chi connectivity index (χ4n) is 3.01. The number of likely N-dealkylation sites (tertiary alicyclic amines) is 1. The van der Waals surface area contributed by atoms with Crippen molar-refractivity contribution in [3.63, 3.8) is 0 Å². The maximum absolute atomic E-state index is 12.8. The van der Waals surface area contributed by atoms with Crippen molar-refractivity contribution >= 4 is 22.5 Å². The predicted octanol–water partition coefficient (Wildman–Crippen LogP) is 2.40. The third kappa shape index (κ3) is 2.34. The Morgan fingerprint density at radius 3 is 2.95 bits per heavy atom. The number of halogens is 1. The molecule has 4 nitrogen and oxygen atoms in total. The second-order valence-electron chi connectivity index (χ2n) is 5.41. The van der Waals surface area contributed by atoms with Crippen molar-refractivity contribution in [3.8, 4) is 0 Å². The third-order valence-corrected chi connectivity index (χ3v) is 4.20. The van der Waals surface area contributed by atoms with Gasteiger partial charge in [-0.2, -0.15) is 0 Å². The van der Waals surface area contributed by atoms with E-state index in [0.29, 0.717) is 11.2 Å². The van der Waals surface area contributed by atoms with Gasteiger partial charge in [-0.3, -0.25) is 9.36 Å². The predicted molar refractivity (Wildman–Crippen MR) is 81.3 cm³/mol. The Labute approximate surface area is 123 Å². The second-order valence-corrected chi connectivity index (χ2v) is 5.68. The first-order chi connectivity index (χ1) is 9.70. The topological polar surface area (TPSA) is 38.1 Å². The van der Waals surface area contributed by atoms with Gasteiger partial charge in [0.05, 0.1) is 22.8 Å². The lowest BCUT2D eigenvalue weighted by atomic mass is 10.1. The zero-order chi connectivity index (χ0) is 14.1. The fraction of sp³-hybridized carbons (Fsp3) is 0.467. The Morgan fingerprint density at radius 1 is 1.40 bits per heavy atom. The Bertz CT molecular complexity index is 682. The van der Waals surface area contributed by atoms with Gasteiger partial charge in [-0.25, -0.2) is 4.98 Å². The molecule has 0 bridgehead atoms. The van der Waals surface area contributed by atoms with Crippen molar-refractivity contribution in [1.82, 2.24) is 14.5 Å². The molecule has 20 heavy (non-hydrogen) atoms.